The molecule has 0 aliphatic heterocycles. The second-order valence-corrected chi connectivity index (χ2v) is 5.63. The summed E-state index contributed by atoms with van der Waals surface area (Å²) in [5.41, 5.74) is 1.03. The summed E-state index contributed by atoms with van der Waals surface area (Å²) in [5.74, 6) is 0.134. The van der Waals surface area contributed by atoms with Crippen molar-refractivity contribution in [1.82, 2.24) is 5.32 Å². The van der Waals surface area contributed by atoms with Crippen LogP contribution < -0.4 is 10.1 Å². The van der Waals surface area contributed by atoms with Crippen LogP contribution in [-0.2, 0) is 6.54 Å². The van der Waals surface area contributed by atoms with E-state index in [1.807, 2.05) is 0 Å². The van der Waals surface area contributed by atoms with E-state index in [9.17, 15) is 8.78 Å². The lowest BCUT2D eigenvalue weighted by atomic mass is 10.2. The number of ether oxygens (including phenoxy) is 1. The average molecular weight is 371 g/mol. The van der Waals surface area contributed by atoms with Gasteiger partial charge in [-0.1, -0.05) is 0 Å². The first-order valence-corrected chi connectivity index (χ1v) is 6.81. The van der Waals surface area contributed by atoms with Crippen LogP contribution >= 0.6 is 31.9 Å². The van der Waals surface area contributed by atoms with Gasteiger partial charge in [-0.2, -0.15) is 8.78 Å². The highest BCUT2D eigenvalue weighted by molar-refractivity contribution is 9.11. The van der Waals surface area contributed by atoms with Gasteiger partial charge in [0, 0.05) is 12.6 Å². The topological polar surface area (TPSA) is 21.3 Å². The number of benzene rings is 1. The standard InChI is InChI=1S/C11H11Br2F2NO/c12-8-3-6(5-16-7-1-2-7)4-9(13)10(8)17-11(14)15/h3-4,7,11,16H,1-2,5H2. The van der Waals surface area contributed by atoms with Gasteiger partial charge >= 0.3 is 6.61 Å². The molecule has 2 rings (SSSR count). The van der Waals surface area contributed by atoms with E-state index >= 15 is 0 Å². The third-order valence-electron chi connectivity index (χ3n) is 2.44. The minimum Gasteiger partial charge on any atom is -0.432 e. The zero-order valence-corrected chi connectivity index (χ0v) is 12.0. The van der Waals surface area contributed by atoms with Crippen molar-refractivity contribution in [3.63, 3.8) is 0 Å². The van der Waals surface area contributed by atoms with Crippen molar-refractivity contribution < 1.29 is 13.5 Å². The number of halogens is 4. The Labute approximate surface area is 115 Å². The number of hydrogen-bond donors (Lipinski definition) is 1. The molecule has 1 aliphatic rings. The van der Waals surface area contributed by atoms with Crippen molar-refractivity contribution in [2.75, 3.05) is 0 Å². The molecule has 94 valence electrons. The summed E-state index contributed by atoms with van der Waals surface area (Å²) in [6, 6.07) is 4.19. The highest BCUT2D eigenvalue weighted by Gasteiger charge is 2.20. The Hall–Kier alpha value is -0.200. The molecule has 1 fully saturated rings. The summed E-state index contributed by atoms with van der Waals surface area (Å²) in [4.78, 5) is 0. The molecule has 1 aliphatic carbocycles. The molecule has 2 nitrogen and oxygen atoms in total. The largest absolute Gasteiger partial charge is 0.432 e. The van der Waals surface area contributed by atoms with E-state index in [1.54, 1.807) is 12.1 Å². The molecule has 0 atom stereocenters. The van der Waals surface area contributed by atoms with Crippen LogP contribution in [0.25, 0.3) is 0 Å². The maximum absolute atomic E-state index is 12.2. The second kappa shape index (κ2) is 5.63. The molecule has 17 heavy (non-hydrogen) atoms. The van der Waals surface area contributed by atoms with Crippen LogP contribution in [0.4, 0.5) is 8.78 Å². The van der Waals surface area contributed by atoms with Crippen LogP contribution in [-0.4, -0.2) is 12.7 Å². The van der Waals surface area contributed by atoms with E-state index in [4.69, 9.17) is 0 Å². The van der Waals surface area contributed by atoms with E-state index in [-0.39, 0.29) is 5.75 Å². The lowest BCUT2D eigenvalue weighted by Gasteiger charge is -2.11. The monoisotopic (exact) mass is 369 g/mol. The van der Waals surface area contributed by atoms with E-state index in [1.165, 1.54) is 12.8 Å². The fourth-order valence-corrected chi connectivity index (χ4v) is 2.93. The molecular formula is C11H11Br2F2NO. The Morgan fingerprint density at radius 3 is 2.35 bits per heavy atom. The van der Waals surface area contributed by atoms with Gasteiger partial charge in [-0.05, 0) is 62.4 Å². The first-order valence-electron chi connectivity index (χ1n) is 5.22. The van der Waals surface area contributed by atoms with Crippen LogP contribution in [0.5, 0.6) is 5.75 Å². The second-order valence-electron chi connectivity index (χ2n) is 3.92. The Bertz CT molecular complexity index is 387. The number of hydrogen-bond acceptors (Lipinski definition) is 2. The first-order chi connectivity index (χ1) is 8.06. The molecule has 0 aromatic heterocycles. The molecule has 1 aromatic carbocycles. The molecule has 0 amide bonds. The Morgan fingerprint density at radius 2 is 1.88 bits per heavy atom. The molecule has 6 heteroatoms. The van der Waals surface area contributed by atoms with Crippen molar-refractivity contribution in [2.24, 2.45) is 0 Å². The van der Waals surface area contributed by atoms with Crippen LogP contribution in [0.15, 0.2) is 21.1 Å². The highest BCUT2D eigenvalue weighted by Crippen LogP contribution is 2.36. The van der Waals surface area contributed by atoms with Gasteiger partial charge in [0.25, 0.3) is 0 Å². The van der Waals surface area contributed by atoms with Gasteiger partial charge < -0.3 is 10.1 Å². The number of rotatable bonds is 5. The predicted octanol–water partition coefficient (Wildman–Crippen LogP) is 4.07. The van der Waals surface area contributed by atoms with E-state index in [0.29, 0.717) is 15.0 Å². The van der Waals surface area contributed by atoms with Gasteiger partial charge in [0.1, 0.15) is 0 Å². The predicted molar refractivity (Wildman–Crippen MR) is 68.3 cm³/mol. The normalized spacial score (nSPS) is 15.4. The van der Waals surface area contributed by atoms with Crippen LogP contribution in [0.1, 0.15) is 18.4 Å². The van der Waals surface area contributed by atoms with Gasteiger partial charge in [0.05, 0.1) is 8.95 Å². The molecule has 0 bridgehead atoms. The third-order valence-corrected chi connectivity index (χ3v) is 3.62. The van der Waals surface area contributed by atoms with Crippen molar-refractivity contribution in [1.29, 1.82) is 0 Å². The van der Waals surface area contributed by atoms with Gasteiger partial charge in [0.2, 0.25) is 0 Å². The molecule has 0 heterocycles. The SMILES string of the molecule is FC(F)Oc1c(Br)cc(CNC2CC2)cc1Br. The minimum absolute atomic E-state index is 0.134. The maximum Gasteiger partial charge on any atom is 0.387 e. The van der Waals surface area contributed by atoms with E-state index in [0.717, 1.165) is 12.1 Å². The van der Waals surface area contributed by atoms with Crippen molar-refractivity contribution in [3.05, 3.63) is 26.6 Å². The Balaban J connectivity index is 2.09. The molecule has 0 radical (unpaired) electrons. The van der Waals surface area contributed by atoms with Crippen molar-refractivity contribution >= 4 is 31.9 Å². The van der Waals surface area contributed by atoms with E-state index < -0.39 is 6.61 Å². The molecule has 1 N–H and O–H groups in total. The van der Waals surface area contributed by atoms with Gasteiger partial charge in [-0.15, -0.1) is 0 Å². The van der Waals surface area contributed by atoms with Crippen molar-refractivity contribution in [3.8, 4) is 5.75 Å². The molecule has 1 aromatic rings. The Morgan fingerprint density at radius 1 is 1.29 bits per heavy atom. The lowest BCUT2D eigenvalue weighted by Crippen LogP contribution is -2.15. The molecule has 0 saturated heterocycles. The maximum atomic E-state index is 12.2. The Kier molecular flexibility index (Phi) is 4.38. The third kappa shape index (κ3) is 3.89. The van der Waals surface area contributed by atoms with Gasteiger partial charge in [0.15, 0.2) is 5.75 Å². The summed E-state index contributed by atoms with van der Waals surface area (Å²) >= 11 is 6.47. The van der Waals surface area contributed by atoms with Crippen LogP contribution in [0, 0.1) is 0 Å². The smallest absolute Gasteiger partial charge is 0.387 e. The van der Waals surface area contributed by atoms with E-state index in [2.05, 4.69) is 41.9 Å². The van der Waals surface area contributed by atoms with Gasteiger partial charge in [-0.25, -0.2) is 0 Å². The molecular weight excluding hydrogens is 360 g/mol. The summed E-state index contributed by atoms with van der Waals surface area (Å²) in [5, 5.41) is 3.36. The van der Waals surface area contributed by atoms with Crippen LogP contribution in [0.2, 0.25) is 0 Å². The quantitative estimate of drug-likeness (QED) is 0.843. The summed E-state index contributed by atoms with van der Waals surface area (Å²) in [6.07, 6.45) is 2.43. The number of alkyl halides is 2. The van der Waals surface area contributed by atoms with Crippen LogP contribution in [0.3, 0.4) is 0 Å². The molecule has 0 unspecified atom stereocenters. The fraction of sp³-hybridized carbons (Fsp3) is 0.455. The number of nitrogens with one attached hydrogen (secondary N) is 1. The van der Waals surface area contributed by atoms with Gasteiger partial charge in [-0.3, -0.25) is 0 Å². The first kappa shape index (κ1) is 13.2. The lowest BCUT2D eigenvalue weighted by molar-refractivity contribution is -0.0508. The summed E-state index contributed by atoms with van der Waals surface area (Å²) < 4.78 is 29.8. The van der Waals surface area contributed by atoms with Crippen molar-refractivity contribution in [2.45, 2.75) is 32.0 Å². The fourth-order valence-electron chi connectivity index (χ4n) is 1.47. The zero-order valence-electron chi connectivity index (χ0n) is 8.85. The highest BCUT2D eigenvalue weighted by atomic mass is 79.9. The summed E-state index contributed by atoms with van der Waals surface area (Å²) in [7, 11) is 0. The molecule has 0 spiro atoms. The summed E-state index contributed by atoms with van der Waals surface area (Å²) in [6.45, 7) is -2.09. The molecule has 1 saturated carbocycles. The zero-order chi connectivity index (χ0) is 12.4. The minimum atomic E-state index is -2.82. The average Bonchev–Trinajstić information content (AvgIpc) is 3.04.